The summed E-state index contributed by atoms with van der Waals surface area (Å²) in [4.78, 5) is 25.8. The number of carbonyl (C=O) groups is 2. The van der Waals surface area contributed by atoms with Crippen LogP contribution in [0.4, 0.5) is 24.5 Å². The Morgan fingerprint density at radius 1 is 0.967 bits per heavy atom. The van der Waals surface area contributed by atoms with Crippen molar-refractivity contribution in [1.29, 1.82) is 0 Å². The van der Waals surface area contributed by atoms with Gasteiger partial charge in [-0.2, -0.15) is 0 Å². The third kappa shape index (κ3) is 4.04. The highest BCUT2D eigenvalue weighted by molar-refractivity contribution is 8.00. The van der Waals surface area contributed by atoms with E-state index in [-0.39, 0.29) is 22.9 Å². The minimum atomic E-state index is -0.684. The standard InChI is InChI=1S/C22H15F3N2O2S/c23-15-3-1-2-14(10-15)21(29)26-17-7-4-13(5-8-17)22-27(20(28)12-30-22)19-11-16(24)6-9-18(19)25/h1-11,22H,12H2,(H,26,29). The third-order valence-electron chi connectivity index (χ3n) is 4.58. The highest BCUT2D eigenvalue weighted by atomic mass is 32.2. The number of halogens is 3. The van der Waals surface area contributed by atoms with Crippen LogP contribution in [0.2, 0.25) is 0 Å². The van der Waals surface area contributed by atoms with Crippen LogP contribution in [0.15, 0.2) is 66.7 Å². The average molecular weight is 428 g/mol. The maximum atomic E-state index is 14.2. The van der Waals surface area contributed by atoms with E-state index in [9.17, 15) is 22.8 Å². The molecule has 1 fully saturated rings. The number of hydrogen-bond acceptors (Lipinski definition) is 3. The van der Waals surface area contributed by atoms with E-state index >= 15 is 0 Å². The van der Waals surface area contributed by atoms with E-state index in [0.717, 1.165) is 24.3 Å². The molecule has 0 aromatic heterocycles. The van der Waals surface area contributed by atoms with Crippen molar-refractivity contribution in [3.05, 3.63) is 95.3 Å². The predicted molar refractivity (Wildman–Crippen MR) is 110 cm³/mol. The molecule has 3 aromatic carbocycles. The first-order valence-electron chi connectivity index (χ1n) is 8.98. The Balaban J connectivity index is 1.55. The number of hydrogen-bond donors (Lipinski definition) is 1. The fourth-order valence-electron chi connectivity index (χ4n) is 3.17. The largest absolute Gasteiger partial charge is 0.322 e. The van der Waals surface area contributed by atoms with Gasteiger partial charge in [0.25, 0.3) is 5.91 Å². The number of nitrogens with zero attached hydrogens (tertiary/aromatic N) is 1. The lowest BCUT2D eigenvalue weighted by atomic mass is 10.1. The summed E-state index contributed by atoms with van der Waals surface area (Å²) in [7, 11) is 0. The zero-order valence-electron chi connectivity index (χ0n) is 15.4. The molecule has 1 saturated heterocycles. The van der Waals surface area contributed by atoms with E-state index in [1.165, 1.54) is 34.9 Å². The van der Waals surface area contributed by atoms with Crippen LogP contribution >= 0.6 is 11.8 Å². The van der Waals surface area contributed by atoms with E-state index in [1.54, 1.807) is 24.3 Å². The number of thioether (sulfide) groups is 1. The van der Waals surface area contributed by atoms with E-state index in [1.807, 2.05) is 0 Å². The maximum absolute atomic E-state index is 14.2. The molecule has 2 amide bonds. The Kier molecular flexibility index (Phi) is 5.50. The maximum Gasteiger partial charge on any atom is 0.255 e. The van der Waals surface area contributed by atoms with Crippen LogP contribution in [0, 0.1) is 17.5 Å². The Labute approximate surface area is 174 Å². The van der Waals surface area contributed by atoms with Gasteiger partial charge in [0.15, 0.2) is 0 Å². The molecule has 1 heterocycles. The Morgan fingerprint density at radius 3 is 2.43 bits per heavy atom. The topological polar surface area (TPSA) is 49.4 Å². The van der Waals surface area contributed by atoms with E-state index < -0.39 is 28.7 Å². The lowest BCUT2D eigenvalue weighted by molar-refractivity contribution is -0.115. The molecule has 0 bridgehead atoms. The van der Waals surface area contributed by atoms with Crippen molar-refractivity contribution in [3.8, 4) is 0 Å². The molecule has 3 aromatic rings. The smallest absolute Gasteiger partial charge is 0.255 e. The number of nitrogens with one attached hydrogen (secondary N) is 1. The molecule has 8 heteroatoms. The zero-order valence-corrected chi connectivity index (χ0v) is 16.3. The fourth-order valence-corrected chi connectivity index (χ4v) is 4.33. The van der Waals surface area contributed by atoms with Crippen molar-refractivity contribution in [3.63, 3.8) is 0 Å². The predicted octanol–water partition coefficient (Wildman–Crippen LogP) is 5.13. The first kappa shape index (κ1) is 20.0. The van der Waals surface area contributed by atoms with Crippen LogP contribution in [0.25, 0.3) is 0 Å². The summed E-state index contributed by atoms with van der Waals surface area (Å²) in [6.45, 7) is 0. The number of benzene rings is 3. The Bertz CT molecular complexity index is 1120. The monoisotopic (exact) mass is 428 g/mol. The second-order valence-electron chi connectivity index (χ2n) is 6.61. The molecule has 1 aliphatic heterocycles. The van der Waals surface area contributed by atoms with E-state index in [0.29, 0.717) is 11.3 Å². The molecule has 4 rings (SSSR count). The van der Waals surface area contributed by atoms with Gasteiger partial charge in [0.05, 0.1) is 11.4 Å². The van der Waals surface area contributed by atoms with E-state index in [4.69, 9.17) is 0 Å². The minimum absolute atomic E-state index is 0.113. The minimum Gasteiger partial charge on any atom is -0.322 e. The van der Waals surface area contributed by atoms with Crippen molar-refractivity contribution >= 4 is 35.0 Å². The highest BCUT2D eigenvalue weighted by Gasteiger charge is 2.35. The van der Waals surface area contributed by atoms with Gasteiger partial charge in [-0.05, 0) is 48.0 Å². The molecule has 1 atom stereocenters. The molecule has 0 spiro atoms. The third-order valence-corrected chi connectivity index (χ3v) is 5.79. The molecule has 0 radical (unpaired) electrons. The number of rotatable bonds is 4. The SMILES string of the molecule is O=C(Nc1ccc(C2SCC(=O)N2c2cc(F)ccc2F)cc1)c1cccc(F)c1. The normalized spacial score (nSPS) is 16.0. The summed E-state index contributed by atoms with van der Waals surface area (Å²) in [6.07, 6.45) is 0. The summed E-state index contributed by atoms with van der Waals surface area (Å²) in [5.41, 5.74) is 1.24. The lowest BCUT2D eigenvalue weighted by Gasteiger charge is -2.25. The van der Waals surface area contributed by atoms with Crippen LogP contribution in [-0.2, 0) is 4.79 Å². The lowest BCUT2D eigenvalue weighted by Crippen LogP contribution is -2.28. The first-order chi connectivity index (χ1) is 14.4. The second kappa shape index (κ2) is 8.23. The van der Waals surface area contributed by atoms with E-state index in [2.05, 4.69) is 5.32 Å². The van der Waals surface area contributed by atoms with Gasteiger partial charge >= 0.3 is 0 Å². The first-order valence-corrected chi connectivity index (χ1v) is 10.0. The van der Waals surface area contributed by atoms with Gasteiger partial charge < -0.3 is 5.32 Å². The van der Waals surface area contributed by atoms with Crippen molar-refractivity contribution in [2.75, 3.05) is 16.0 Å². The second-order valence-corrected chi connectivity index (χ2v) is 7.68. The molecule has 152 valence electrons. The quantitative estimate of drug-likeness (QED) is 0.627. The van der Waals surface area contributed by atoms with Crippen LogP contribution in [0.3, 0.4) is 0 Å². The Hall–Kier alpha value is -3.26. The van der Waals surface area contributed by atoms with Crippen LogP contribution < -0.4 is 10.2 Å². The molecular formula is C22H15F3N2O2S. The summed E-state index contributed by atoms with van der Waals surface area (Å²) in [5, 5.41) is 2.14. The number of amides is 2. The van der Waals surface area contributed by atoms with Gasteiger partial charge in [0.1, 0.15) is 22.8 Å². The number of anilines is 2. The van der Waals surface area contributed by atoms with Crippen LogP contribution in [0.1, 0.15) is 21.3 Å². The van der Waals surface area contributed by atoms with Crippen LogP contribution in [0.5, 0.6) is 0 Å². The molecule has 0 saturated carbocycles. The number of carbonyl (C=O) groups excluding carboxylic acids is 2. The molecule has 0 aliphatic carbocycles. The van der Waals surface area contributed by atoms with Gasteiger partial charge in [-0.25, -0.2) is 13.2 Å². The molecule has 4 nitrogen and oxygen atoms in total. The summed E-state index contributed by atoms with van der Waals surface area (Å²) < 4.78 is 41.1. The van der Waals surface area contributed by atoms with Gasteiger partial charge in [0.2, 0.25) is 5.91 Å². The van der Waals surface area contributed by atoms with Crippen molar-refractivity contribution < 1.29 is 22.8 Å². The van der Waals surface area contributed by atoms with Gasteiger partial charge in [-0.3, -0.25) is 14.5 Å². The molecule has 1 unspecified atom stereocenters. The summed E-state index contributed by atoms with van der Waals surface area (Å²) in [5.74, 6) is -2.47. The van der Waals surface area contributed by atoms with Gasteiger partial charge in [0, 0.05) is 17.3 Å². The summed E-state index contributed by atoms with van der Waals surface area (Å²) >= 11 is 1.30. The average Bonchev–Trinajstić information content (AvgIpc) is 3.11. The van der Waals surface area contributed by atoms with Gasteiger partial charge in [-0.15, -0.1) is 11.8 Å². The molecule has 1 aliphatic rings. The highest BCUT2D eigenvalue weighted by Crippen LogP contribution is 2.42. The molecular weight excluding hydrogens is 413 g/mol. The zero-order chi connectivity index (χ0) is 21.3. The van der Waals surface area contributed by atoms with Crippen molar-refractivity contribution in [2.24, 2.45) is 0 Å². The molecule has 1 N–H and O–H groups in total. The fraction of sp³-hybridized carbons (Fsp3) is 0.0909. The Morgan fingerprint density at radius 2 is 1.70 bits per heavy atom. The van der Waals surface area contributed by atoms with Crippen LogP contribution in [-0.4, -0.2) is 17.6 Å². The van der Waals surface area contributed by atoms with Crippen molar-refractivity contribution in [2.45, 2.75) is 5.37 Å². The van der Waals surface area contributed by atoms with Gasteiger partial charge in [-0.1, -0.05) is 18.2 Å². The van der Waals surface area contributed by atoms with Crippen molar-refractivity contribution in [1.82, 2.24) is 0 Å². The summed E-state index contributed by atoms with van der Waals surface area (Å²) in [6, 6.07) is 15.0. The molecule has 30 heavy (non-hydrogen) atoms.